The van der Waals surface area contributed by atoms with Crippen LogP contribution in [0, 0.1) is 11.8 Å². The molecule has 0 radical (unpaired) electrons. The first-order chi connectivity index (χ1) is 8.84. The van der Waals surface area contributed by atoms with Crippen LogP contribution in [0.2, 0.25) is 0 Å². The third-order valence-corrected chi connectivity index (χ3v) is 5.19. The molecule has 104 valence electrons. The van der Waals surface area contributed by atoms with Gasteiger partial charge in [-0.3, -0.25) is 0 Å². The van der Waals surface area contributed by atoms with E-state index in [1.54, 1.807) is 0 Å². The third kappa shape index (κ3) is 3.06. The SMILES string of the molecule is OC(CNC1CCCC1C1CCCCN1)C1CC1. The maximum absolute atomic E-state index is 9.97. The Hall–Kier alpha value is -0.120. The Labute approximate surface area is 111 Å². The van der Waals surface area contributed by atoms with Gasteiger partial charge in [0.15, 0.2) is 0 Å². The zero-order valence-electron chi connectivity index (χ0n) is 11.4. The highest BCUT2D eigenvalue weighted by atomic mass is 16.3. The van der Waals surface area contributed by atoms with Gasteiger partial charge in [0.25, 0.3) is 0 Å². The molecule has 3 fully saturated rings. The van der Waals surface area contributed by atoms with E-state index >= 15 is 0 Å². The summed E-state index contributed by atoms with van der Waals surface area (Å²) >= 11 is 0. The summed E-state index contributed by atoms with van der Waals surface area (Å²) in [6, 6.07) is 1.38. The highest BCUT2D eigenvalue weighted by Crippen LogP contribution is 2.34. The maximum Gasteiger partial charge on any atom is 0.0692 e. The van der Waals surface area contributed by atoms with Crippen LogP contribution in [0.15, 0.2) is 0 Å². The molecule has 0 aromatic heterocycles. The summed E-state index contributed by atoms with van der Waals surface area (Å²) in [5.74, 6) is 1.40. The number of aliphatic hydroxyl groups excluding tert-OH is 1. The molecule has 1 heterocycles. The molecule has 4 unspecified atom stereocenters. The predicted molar refractivity (Wildman–Crippen MR) is 73.5 cm³/mol. The Morgan fingerprint density at radius 2 is 1.94 bits per heavy atom. The average Bonchev–Trinajstić information content (AvgIpc) is 3.16. The van der Waals surface area contributed by atoms with Gasteiger partial charge >= 0.3 is 0 Å². The zero-order chi connectivity index (χ0) is 12.4. The van der Waals surface area contributed by atoms with Crippen molar-refractivity contribution in [1.82, 2.24) is 10.6 Å². The van der Waals surface area contributed by atoms with E-state index in [1.807, 2.05) is 0 Å². The summed E-state index contributed by atoms with van der Waals surface area (Å²) < 4.78 is 0. The van der Waals surface area contributed by atoms with Crippen molar-refractivity contribution in [1.29, 1.82) is 0 Å². The van der Waals surface area contributed by atoms with Crippen LogP contribution >= 0.6 is 0 Å². The Balaban J connectivity index is 1.47. The fourth-order valence-electron chi connectivity index (χ4n) is 3.89. The topological polar surface area (TPSA) is 44.3 Å². The van der Waals surface area contributed by atoms with Gasteiger partial charge in [-0.05, 0) is 56.9 Å². The van der Waals surface area contributed by atoms with E-state index < -0.39 is 0 Å². The third-order valence-electron chi connectivity index (χ3n) is 5.19. The van der Waals surface area contributed by atoms with Gasteiger partial charge in [-0.25, -0.2) is 0 Å². The second-order valence-corrected chi connectivity index (χ2v) is 6.57. The smallest absolute Gasteiger partial charge is 0.0692 e. The number of aliphatic hydroxyl groups is 1. The van der Waals surface area contributed by atoms with Crippen LogP contribution in [0.4, 0.5) is 0 Å². The van der Waals surface area contributed by atoms with Gasteiger partial charge < -0.3 is 15.7 Å². The van der Waals surface area contributed by atoms with E-state index in [1.165, 1.54) is 57.9 Å². The Morgan fingerprint density at radius 3 is 2.67 bits per heavy atom. The number of piperidine rings is 1. The van der Waals surface area contributed by atoms with Gasteiger partial charge in [-0.2, -0.15) is 0 Å². The van der Waals surface area contributed by atoms with E-state index in [0.717, 1.165) is 18.5 Å². The Morgan fingerprint density at radius 1 is 1.06 bits per heavy atom. The van der Waals surface area contributed by atoms with Crippen molar-refractivity contribution in [3.8, 4) is 0 Å². The first-order valence-corrected chi connectivity index (χ1v) is 7.99. The molecule has 0 aromatic carbocycles. The number of hydrogen-bond acceptors (Lipinski definition) is 3. The lowest BCUT2D eigenvalue weighted by molar-refractivity contribution is 0.138. The van der Waals surface area contributed by atoms with E-state index in [4.69, 9.17) is 0 Å². The standard InChI is InChI=1S/C15H28N2O/c18-15(11-7-8-11)10-17-14-6-3-4-12(14)13-5-1-2-9-16-13/h11-18H,1-10H2. The minimum absolute atomic E-state index is 0.0921. The predicted octanol–water partition coefficient (Wildman–Crippen LogP) is 1.66. The van der Waals surface area contributed by atoms with Crippen molar-refractivity contribution >= 4 is 0 Å². The molecular weight excluding hydrogens is 224 g/mol. The summed E-state index contributed by atoms with van der Waals surface area (Å²) in [7, 11) is 0. The average molecular weight is 252 g/mol. The molecule has 3 nitrogen and oxygen atoms in total. The maximum atomic E-state index is 9.97. The zero-order valence-corrected chi connectivity index (χ0v) is 11.4. The fourth-order valence-corrected chi connectivity index (χ4v) is 3.89. The number of hydrogen-bond donors (Lipinski definition) is 3. The van der Waals surface area contributed by atoms with Crippen LogP contribution in [0.25, 0.3) is 0 Å². The van der Waals surface area contributed by atoms with Gasteiger partial charge in [-0.1, -0.05) is 12.8 Å². The van der Waals surface area contributed by atoms with Gasteiger partial charge in [-0.15, -0.1) is 0 Å². The molecule has 0 spiro atoms. The van der Waals surface area contributed by atoms with Gasteiger partial charge in [0.2, 0.25) is 0 Å². The highest BCUT2D eigenvalue weighted by molar-refractivity contribution is 4.93. The van der Waals surface area contributed by atoms with Crippen LogP contribution in [0.5, 0.6) is 0 Å². The van der Waals surface area contributed by atoms with Crippen molar-refractivity contribution < 1.29 is 5.11 Å². The molecule has 3 rings (SSSR count). The van der Waals surface area contributed by atoms with Crippen LogP contribution in [-0.4, -0.2) is 36.4 Å². The normalized spacial score (nSPS) is 38.8. The molecule has 3 aliphatic rings. The van der Waals surface area contributed by atoms with Crippen LogP contribution < -0.4 is 10.6 Å². The molecule has 3 N–H and O–H groups in total. The summed E-state index contributed by atoms with van der Waals surface area (Å²) in [5.41, 5.74) is 0. The highest BCUT2D eigenvalue weighted by Gasteiger charge is 2.35. The molecule has 18 heavy (non-hydrogen) atoms. The molecule has 3 heteroatoms. The first-order valence-electron chi connectivity index (χ1n) is 7.99. The minimum Gasteiger partial charge on any atom is -0.392 e. The van der Waals surface area contributed by atoms with Crippen molar-refractivity contribution in [2.75, 3.05) is 13.1 Å². The molecule has 0 aromatic rings. The summed E-state index contributed by atoms with van der Waals surface area (Å²) in [4.78, 5) is 0. The van der Waals surface area contributed by atoms with Crippen LogP contribution in [-0.2, 0) is 0 Å². The first kappa shape index (κ1) is 12.9. The van der Waals surface area contributed by atoms with Crippen LogP contribution in [0.3, 0.4) is 0 Å². The molecule has 4 atom stereocenters. The van der Waals surface area contributed by atoms with E-state index in [9.17, 15) is 5.11 Å². The minimum atomic E-state index is -0.0921. The van der Waals surface area contributed by atoms with Gasteiger partial charge in [0.05, 0.1) is 6.10 Å². The van der Waals surface area contributed by atoms with Gasteiger partial charge in [0.1, 0.15) is 0 Å². The van der Waals surface area contributed by atoms with Crippen molar-refractivity contribution in [2.24, 2.45) is 11.8 Å². The van der Waals surface area contributed by atoms with E-state index in [2.05, 4.69) is 10.6 Å². The summed E-state index contributed by atoms with van der Waals surface area (Å²) in [6.07, 6.45) is 10.5. The fraction of sp³-hybridized carbons (Fsp3) is 1.00. The van der Waals surface area contributed by atoms with E-state index in [0.29, 0.717) is 12.0 Å². The van der Waals surface area contributed by atoms with Crippen molar-refractivity contribution in [3.05, 3.63) is 0 Å². The molecular formula is C15H28N2O. The monoisotopic (exact) mass is 252 g/mol. The van der Waals surface area contributed by atoms with Gasteiger partial charge in [0, 0.05) is 18.6 Å². The molecule has 1 aliphatic heterocycles. The Bertz CT molecular complexity index is 261. The number of rotatable bonds is 5. The lowest BCUT2D eigenvalue weighted by Crippen LogP contribution is -2.48. The number of nitrogens with one attached hydrogen (secondary N) is 2. The lowest BCUT2D eigenvalue weighted by atomic mass is 9.88. The quantitative estimate of drug-likeness (QED) is 0.697. The molecule has 1 saturated heterocycles. The van der Waals surface area contributed by atoms with Crippen molar-refractivity contribution in [2.45, 2.75) is 69.6 Å². The second-order valence-electron chi connectivity index (χ2n) is 6.57. The summed E-state index contributed by atoms with van der Waals surface area (Å²) in [5, 5.41) is 17.3. The summed E-state index contributed by atoms with van der Waals surface area (Å²) in [6.45, 7) is 2.02. The Kier molecular flexibility index (Phi) is 4.22. The second kappa shape index (κ2) is 5.89. The lowest BCUT2D eigenvalue weighted by Gasteiger charge is -2.33. The largest absolute Gasteiger partial charge is 0.392 e. The molecule has 2 saturated carbocycles. The van der Waals surface area contributed by atoms with E-state index in [-0.39, 0.29) is 6.10 Å². The molecule has 2 aliphatic carbocycles. The van der Waals surface area contributed by atoms with Crippen molar-refractivity contribution in [3.63, 3.8) is 0 Å². The molecule has 0 bridgehead atoms. The molecule has 0 amide bonds. The van der Waals surface area contributed by atoms with Crippen LogP contribution in [0.1, 0.15) is 51.4 Å².